The van der Waals surface area contributed by atoms with Gasteiger partial charge in [-0.1, -0.05) is 12.1 Å². The summed E-state index contributed by atoms with van der Waals surface area (Å²) in [5.74, 6) is 1.66. The van der Waals surface area contributed by atoms with Crippen molar-refractivity contribution in [3.8, 4) is 0 Å². The van der Waals surface area contributed by atoms with Crippen LogP contribution < -0.4 is 0 Å². The third kappa shape index (κ3) is 2.40. The number of aromatic amines is 1. The van der Waals surface area contributed by atoms with Crippen molar-refractivity contribution in [1.29, 1.82) is 0 Å². The van der Waals surface area contributed by atoms with E-state index in [1.54, 1.807) is 0 Å². The number of imidazole rings is 1. The van der Waals surface area contributed by atoms with Crippen LogP contribution in [0.15, 0.2) is 24.3 Å². The van der Waals surface area contributed by atoms with Crippen LogP contribution in [0.5, 0.6) is 0 Å². The molecule has 0 saturated heterocycles. The molecule has 0 bridgehead atoms. The third-order valence-corrected chi connectivity index (χ3v) is 3.64. The molecule has 0 aliphatic heterocycles. The van der Waals surface area contributed by atoms with Crippen LogP contribution in [0.1, 0.15) is 18.7 Å². The Morgan fingerprint density at radius 3 is 2.89 bits per heavy atom. The molecule has 2 N–H and O–H groups in total. The van der Waals surface area contributed by atoms with Gasteiger partial charge in [0, 0.05) is 6.54 Å². The lowest BCUT2D eigenvalue weighted by Crippen LogP contribution is -2.36. The fourth-order valence-electron chi connectivity index (χ4n) is 2.69. The standard InChI is InChI=1S/C14H19N3O/c1-17(8-10-6-11(18)7-10)9-14-15-12-4-2-3-5-13(12)16-14/h2-5,10-11,18H,6-9H2,1H3,(H,15,16). The molecule has 18 heavy (non-hydrogen) atoms. The Bertz CT molecular complexity index is 498. The monoisotopic (exact) mass is 245 g/mol. The van der Waals surface area contributed by atoms with Gasteiger partial charge in [0.25, 0.3) is 0 Å². The molecule has 0 atom stereocenters. The zero-order chi connectivity index (χ0) is 12.5. The molecular weight excluding hydrogens is 226 g/mol. The van der Waals surface area contributed by atoms with Crippen LogP contribution in [0.25, 0.3) is 11.0 Å². The van der Waals surface area contributed by atoms with Crippen molar-refractivity contribution in [2.45, 2.75) is 25.5 Å². The average molecular weight is 245 g/mol. The fraction of sp³-hybridized carbons (Fsp3) is 0.500. The van der Waals surface area contributed by atoms with Crippen LogP contribution >= 0.6 is 0 Å². The number of aliphatic hydroxyl groups excluding tert-OH is 1. The van der Waals surface area contributed by atoms with Gasteiger partial charge in [0.15, 0.2) is 0 Å². The Balaban J connectivity index is 1.61. The van der Waals surface area contributed by atoms with Crippen LogP contribution in [0.3, 0.4) is 0 Å². The molecule has 1 aliphatic rings. The summed E-state index contributed by atoms with van der Waals surface area (Å²) in [5.41, 5.74) is 2.12. The maximum atomic E-state index is 9.28. The molecule has 1 fully saturated rings. The highest BCUT2D eigenvalue weighted by atomic mass is 16.3. The number of fused-ring (bicyclic) bond motifs is 1. The highest BCUT2D eigenvalue weighted by Gasteiger charge is 2.27. The van der Waals surface area contributed by atoms with E-state index < -0.39 is 0 Å². The van der Waals surface area contributed by atoms with Crippen LogP contribution in [-0.2, 0) is 6.54 Å². The highest BCUT2D eigenvalue weighted by Crippen LogP contribution is 2.27. The number of nitrogens with one attached hydrogen (secondary N) is 1. The molecule has 4 heteroatoms. The van der Waals surface area contributed by atoms with Crippen molar-refractivity contribution in [3.05, 3.63) is 30.1 Å². The molecular formula is C14H19N3O. The van der Waals surface area contributed by atoms with E-state index in [1.807, 2.05) is 24.3 Å². The molecule has 4 nitrogen and oxygen atoms in total. The predicted octanol–water partition coefficient (Wildman–Crippen LogP) is 1.77. The predicted molar refractivity (Wildman–Crippen MR) is 71.2 cm³/mol. The van der Waals surface area contributed by atoms with Gasteiger partial charge in [-0.3, -0.25) is 4.90 Å². The zero-order valence-corrected chi connectivity index (χ0v) is 10.6. The second kappa shape index (κ2) is 4.71. The van der Waals surface area contributed by atoms with Gasteiger partial charge in [0.2, 0.25) is 0 Å². The molecule has 0 radical (unpaired) electrons. The van der Waals surface area contributed by atoms with E-state index in [9.17, 15) is 5.11 Å². The minimum Gasteiger partial charge on any atom is -0.393 e. The lowest BCUT2D eigenvalue weighted by molar-refractivity contribution is 0.0271. The number of rotatable bonds is 4. The third-order valence-electron chi connectivity index (χ3n) is 3.64. The van der Waals surface area contributed by atoms with E-state index in [1.165, 1.54) is 0 Å². The van der Waals surface area contributed by atoms with E-state index in [0.29, 0.717) is 5.92 Å². The minimum absolute atomic E-state index is 0.0606. The summed E-state index contributed by atoms with van der Waals surface area (Å²) in [5, 5.41) is 9.28. The van der Waals surface area contributed by atoms with E-state index in [-0.39, 0.29) is 6.10 Å². The molecule has 1 aliphatic carbocycles. The lowest BCUT2D eigenvalue weighted by atomic mass is 9.82. The summed E-state index contributed by atoms with van der Waals surface area (Å²) in [7, 11) is 2.11. The summed E-state index contributed by atoms with van der Waals surface area (Å²) in [4.78, 5) is 10.2. The number of benzene rings is 1. The number of H-pyrrole nitrogens is 1. The lowest BCUT2D eigenvalue weighted by Gasteiger charge is -2.34. The quantitative estimate of drug-likeness (QED) is 0.863. The summed E-state index contributed by atoms with van der Waals surface area (Å²) >= 11 is 0. The molecule has 0 unspecified atom stereocenters. The maximum Gasteiger partial charge on any atom is 0.121 e. The Hall–Kier alpha value is -1.39. The van der Waals surface area contributed by atoms with Crippen molar-refractivity contribution in [3.63, 3.8) is 0 Å². The van der Waals surface area contributed by atoms with Crippen molar-refractivity contribution in [2.75, 3.05) is 13.6 Å². The van der Waals surface area contributed by atoms with Crippen LogP contribution in [0.4, 0.5) is 0 Å². The Kier molecular flexibility index (Phi) is 3.06. The van der Waals surface area contributed by atoms with E-state index in [4.69, 9.17) is 0 Å². The number of aromatic nitrogens is 2. The second-order valence-electron chi connectivity index (χ2n) is 5.39. The Morgan fingerprint density at radius 2 is 2.17 bits per heavy atom. The van der Waals surface area contributed by atoms with Crippen molar-refractivity contribution in [1.82, 2.24) is 14.9 Å². The van der Waals surface area contributed by atoms with Crippen LogP contribution in [-0.4, -0.2) is 39.7 Å². The number of hydrogen-bond donors (Lipinski definition) is 2. The molecule has 1 saturated carbocycles. The molecule has 1 aromatic heterocycles. The van der Waals surface area contributed by atoms with Gasteiger partial charge in [-0.05, 0) is 37.9 Å². The SMILES string of the molecule is CN(Cc1nc2ccccc2[nH]1)CC1CC(O)C1. The first-order valence-electron chi connectivity index (χ1n) is 6.51. The molecule has 96 valence electrons. The summed E-state index contributed by atoms with van der Waals surface area (Å²) in [6.45, 7) is 1.87. The number of nitrogens with zero attached hydrogens (tertiary/aromatic N) is 2. The molecule has 0 spiro atoms. The van der Waals surface area contributed by atoms with Gasteiger partial charge in [-0.25, -0.2) is 4.98 Å². The Morgan fingerprint density at radius 1 is 1.39 bits per heavy atom. The second-order valence-corrected chi connectivity index (χ2v) is 5.39. The van der Waals surface area contributed by atoms with E-state index >= 15 is 0 Å². The average Bonchev–Trinajstić information content (AvgIpc) is 2.68. The fourth-order valence-corrected chi connectivity index (χ4v) is 2.69. The van der Waals surface area contributed by atoms with Crippen molar-refractivity contribution in [2.24, 2.45) is 5.92 Å². The summed E-state index contributed by atoms with van der Waals surface area (Å²) in [6, 6.07) is 8.10. The topological polar surface area (TPSA) is 52.2 Å². The normalized spacial score (nSPS) is 23.5. The number of para-hydroxylation sites is 2. The molecule has 2 aromatic rings. The first-order valence-corrected chi connectivity index (χ1v) is 6.51. The maximum absolute atomic E-state index is 9.28. The van der Waals surface area contributed by atoms with Gasteiger partial charge >= 0.3 is 0 Å². The smallest absolute Gasteiger partial charge is 0.121 e. The highest BCUT2D eigenvalue weighted by molar-refractivity contribution is 5.74. The zero-order valence-electron chi connectivity index (χ0n) is 10.6. The minimum atomic E-state index is -0.0606. The van der Waals surface area contributed by atoms with Gasteiger partial charge in [0.05, 0.1) is 23.7 Å². The molecule has 1 aromatic carbocycles. The first kappa shape index (κ1) is 11.7. The van der Waals surface area contributed by atoms with Gasteiger partial charge in [-0.2, -0.15) is 0 Å². The largest absolute Gasteiger partial charge is 0.393 e. The van der Waals surface area contributed by atoms with E-state index in [0.717, 1.165) is 42.8 Å². The summed E-state index contributed by atoms with van der Waals surface area (Å²) in [6.07, 6.45) is 1.84. The van der Waals surface area contributed by atoms with E-state index in [2.05, 4.69) is 21.9 Å². The number of aliphatic hydroxyl groups is 1. The molecule has 3 rings (SSSR count). The van der Waals surface area contributed by atoms with Crippen LogP contribution in [0, 0.1) is 5.92 Å². The van der Waals surface area contributed by atoms with Crippen molar-refractivity contribution >= 4 is 11.0 Å². The molecule has 0 amide bonds. The van der Waals surface area contributed by atoms with Gasteiger partial charge < -0.3 is 10.1 Å². The first-order chi connectivity index (χ1) is 8.70. The Labute approximate surface area is 107 Å². The van der Waals surface area contributed by atoms with Gasteiger partial charge in [-0.15, -0.1) is 0 Å². The van der Waals surface area contributed by atoms with Crippen molar-refractivity contribution < 1.29 is 5.11 Å². The van der Waals surface area contributed by atoms with Gasteiger partial charge in [0.1, 0.15) is 5.82 Å². The number of hydrogen-bond acceptors (Lipinski definition) is 3. The summed E-state index contributed by atoms with van der Waals surface area (Å²) < 4.78 is 0. The van der Waals surface area contributed by atoms with Crippen LogP contribution in [0.2, 0.25) is 0 Å². The molecule has 1 heterocycles.